The smallest absolute Gasteiger partial charge is 0.180 e. The van der Waals surface area contributed by atoms with Crippen molar-refractivity contribution < 1.29 is 0 Å². The molecular weight excluding hydrogens is 306 g/mol. The van der Waals surface area contributed by atoms with Crippen molar-refractivity contribution in [1.82, 2.24) is 19.5 Å². The maximum Gasteiger partial charge on any atom is 0.180 e. The summed E-state index contributed by atoms with van der Waals surface area (Å²) in [5.74, 6) is 1.57. The predicted molar refractivity (Wildman–Crippen MR) is 78.1 cm³/mol. The second-order valence-electron chi connectivity index (χ2n) is 4.68. The van der Waals surface area contributed by atoms with Crippen LogP contribution in [0, 0.1) is 0 Å². The largest absolute Gasteiger partial charge is 0.372 e. The minimum atomic E-state index is 0.577. The molecule has 1 fully saturated rings. The van der Waals surface area contributed by atoms with Gasteiger partial charge in [0, 0.05) is 13.1 Å². The lowest BCUT2D eigenvalue weighted by Crippen LogP contribution is -2.05. The zero-order valence-electron chi connectivity index (χ0n) is 11.0. The zero-order valence-corrected chi connectivity index (χ0v) is 12.6. The first kappa shape index (κ1) is 12.6. The van der Waals surface area contributed by atoms with Crippen LogP contribution in [-0.2, 0) is 6.42 Å². The van der Waals surface area contributed by atoms with Crippen LogP contribution in [0.5, 0.6) is 0 Å². The van der Waals surface area contributed by atoms with E-state index < -0.39 is 0 Å². The second-order valence-corrected chi connectivity index (χ2v) is 5.47. The topological polar surface area (TPSA) is 55.6 Å². The first-order valence-corrected chi connectivity index (χ1v) is 7.30. The van der Waals surface area contributed by atoms with E-state index in [0.717, 1.165) is 33.9 Å². The molecule has 1 aliphatic carbocycles. The molecule has 19 heavy (non-hydrogen) atoms. The van der Waals surface area contributed by atoms with Gasteiger partial charge in [0.2, 0.25) is 0 Å². The van der Waals surface area contributed by atoms with E-state index in [-0.39, 0.29) is 0 Å². The Morgan fingerprint density at radius 3 is 2.84 bits per heavy atom. The maximum atomic E-state index is 4.65. The van der Waals surface area contributed by atoms with Crippen LogP contribution in [0.25, 0.3) is 11.5 Å². The summed E-state index contributed by atoms with van der Waals surface area (Å²) < 4.78 is 3.13. The Kier molecular flexibility index (Phi) is 3.26. The van der Waals surface area contributed by atoms with Crippen LogP contribution in [0.3, 0.4) is 0 Å². The summed E-state index contributed by atoms with van der Waals surface area (Å²) in [6, 6.07) is 0.577. The minimum Gasteiger partial charge on any atom is -0.372 e. The molecule has 0 aromatic carbocycles. The van der Waals surface area contributed by atoms with Gasteiger partial charge in [-0.3, -0.25) is 0 Å². The molecule has 0 aliphatic heterocycles. The molecule has 1 N–H and O–H groups in total. The molecule has 0 amide bonds. The van der Waals surface area contributed by atoms with E-state index in [1.807, 2.05) is 19.6 Å². The van der Waals surface area contributed by atoms with E-state index in [4.69, 9.17) is 0 Å². The zero-order chi connectivity index (χ0) is 13.4. The summed E-state index contributed by atoms with van der Waals surface area (Å²) >= 11 is 3.55. The van der Waals surface area contributed by atoms with E-state index >= 15 is 0 Å². The molecule has 2 aromatic rings. The first-order valence-electron chi connectivity index (χ1n) is 6.51. The fourth-order valence-electron chi connectivity index (χ4n) is 2.13. The highest BCUT2D eigenvalue weighted by molar-refractivity contribution is 9.10. The molecular formula is C13H16BrN5. The number of nitrogens with zero attached hydrogens (tertiary/aromatic N) is 4. The van der Waals surface area contributed by atoms with E-state index in [1.165, 1.54) is 12.8 Å². The quantitative estimate of drug-likeness (QED) is 0.940. The predicted octanol–water partition coefficient (Wildman–Crippen LogP) is 3.04. The summed E-state index contributed by atoms with van der Waals surface area (Å²) in [6.07, 6.45) is 7.03. The normalized spacial score (nSPS) is 14.7. The molecule has 100 valence electrons. The molecule has 0 saturated heterocycles. The summed E-state index contributed by atoms with van der Waals surface area (Å²) in [5, 5.41) is 3.11. The Balaban J connectivity index is 2.11. The average molecular weight is 322 g/mol. The molecule has 0 unspecified atom stereocenters. The van der Waals surface area contributed by atoms with Crippen LogP contribution >= 0.6 is 15.9 Å². The molecule has 1 aliphatic rings. The van der Waals surface area contributed by atoms with Crippen molar-refractivity contribution in [1.29, 1.82) is 0 Å². The minimum absolute atomic E-state index is 0.577. The van der Waals surface area contributed by atoms with E-state index in [1.54, 1.807) is 0 Å². The fourth-order valence-corrected chi connectivity index (χ4v) is 2.79. The Hall–Kier alpha value is -1.43. The van der Waals surface area contributed by atoms with Crippen molar-refractivity contribution in [2.75, 3.05) is 12.4 Å². The number of aromatic nitrogens is 4. The number of halogens is 1. The van der Waals surface area contributed by atoms with Gasteiger partial charge in [0.1, 0.15) is 11.5 Å². The molecule has 6 heteroatoms. The van der Waals surface area contributed by atoms with Crippen LogP contribution in [-0.4, -0.2) is 26.6 Å². The third kappa shape index (κ3) is 2.25. The Morgan fingerprint density at radius 2 is 2.21 bits per heavy atom. The summed E-state index contributed by atoms with van der Waals surface area (Å²) in [7, 11) is 1.87. The van der Waals surface area contributed by atoms with Crippen molar-refractivity contribution in [2.24, 2.45) is 0 Å². The van der Waals surface area contributed by atoms with Crippen molar-refractivity contribution in [3.8, 4) is 11.5 Å². The summed E-state index contributed by atoms with van der Waals surface area (Å²) in [6.45, 7) is 2.09. The van der Waals surface area contributed by atoms with Crippen molar-refractivity contribution in [3.63, 3.8) is 0 Å². The Labute approximate surface area is 120 Å². The first-order chi connectivity index (χ1) is 9.24. The van der Waals surface area contributed by atoms with Gasteiger partial charge in [-0.1, -0.05) is 6.92 Å². The van der Waals surface area contributed by atoms with Crippen molar-refractivity contribution in [3.05, 3.63) is 22.7 Å². The fraction of sp³-hybridized carbons (Fsp3) is 0.462. The highest BCUT2D eigenvalue weighted by Gasteiger charge is 2.27. The van der Waals surface area contributed by atoms with Crippen LogP contribution in [0.2, 0.25) is 0 Å². The van der Waals surface area contributed by atoms with Gasteiger partial charge in [-0.05, 0) is 35.2 Å². The monoisotopic (exact) mass is 321 g/mol. The van der Waals surface area contributed by atoms with Gasteiger partial charge < -0.3 is 9.88 Å². The van der Waals surface area contributed by atoms with Gasteiger partial charge in [0.05, 0.1) is 22.7 Å². The van der Waals surface area contributed by atoms with E-state index in [9.17, 15) is 0 Å². The lowest BCUT2D eigenvalue weighted by atomic mass is 10.3. The molecule has 2 heterocycles. The molecule has 0 atom stereocenters. The maximum absolute atomic E-state index is 4.65. The standard InChI is InChI=1S/C13H16BrN5/c1-3-9-11(14)13(15-2)18-12(17-9)10-6-16-7-19(10)8-4-5-8/h6-8H,3-5H2,1-2H3,(H,15,17,18). The molecule has 0 radical (unpaired) electrons. The Morgan fingerprint density at radius 1 is 1.42 bits per heavy atom. The van der Waals surface area contributed by atoms with Crippen LogP contribution < -0.4 is 5.32 Å². The lowest BCUT2D eigenvalue weighted by Gasteiger charge is -2.11. The number of hydrogen-bond acceptors (Lipinski definition) is 4. The average Bonchev–Trinajstić information content (AvgIpc) is 3.16. The molecule has 0 bridgehead atoms. The highest BCUT2D eigenvalue weighted by atomic mass is 79.9. The van der Waals surface area contributed by atoms with Gasteiger partial charge in [-0.15, -0.1) is 0 Å². The third-order valence-corrected chi connectivity index (χ3v) is 4.16. The van der Waals surface area contributed by atoms with Gasteiger partial charge in [-0.25, -0.2) is 15.0 Å². The second kappa shape index (κ2) is 4.92. The molecule has 0 spiro atoms. The van der Waals surface area contributed by atoms with E-state index in [2.05, 4.69) is 47.7 Å². The van der Waals surface area contributed by atoms with Gasteiger partial charge >= 0.3 is 0 Å². The molecule has 3 rings (SSSR count). The third-order valence-electron chi connectivity index (χ3n) is 3.33. The van der Waals surface area contributed by atoms with Crippen molar-refractivity contribution >= 4 is 21.7 Å². The molecule has 5 nitrogen and oxygen atoms in total. The number of imidazole rings is 1. The van der Waals surface area contributed by atoms with E-state index in [0.29, 0.717) is 6.04 Å². The number of anilines is 1. The van der Waals surface area contributed by atoms with Crippen LogP contribution in [0.1, 0.15) is 31.5 Å². The SMILES string of the molecule is CCc1nc(-c2cncn2C2CC2)nc(NC)c1Br. The van der Waals surface area contributed by atoms with Gasteiger partial charge in [-0.2, -0.15) is 0 Å². The van der Waals surface area contributed by atoms with Gasteiger partial charge in [0.25, 0.3) is 0 Å². The number of nitrogens with one attached hydrogen (secondary N) is 1. The summed E-state index contributed by atoms with van der Waals surface area (Å²) in [5.41, 5.74) is 2.01. The number of hydrogen-bond donors (Lipinski definition) is 1. The van der Waals surface area contributed by atoms with Gasteiger partial charge in [0.15, 0.2) is 5.82 Å². The highest BCUT2D eigenvalue weighted by Crippen LogP contribution is 2.38. The Bertz CT molecular complexity index is 578. The van der Waals surface area contributed by atoms with Crippen molar-refractivity contribution in [2.45, 2.75) is 32.2 Å². The number of rotatable bonds is 4. The van der Waals surface area contributed by atoms with Crippen LogP contribution in [0.4, 0.5) is 5.82 Å². The number of aryl methyl sites for hydroxylation is 1. The lowest BCUT2D eigenvalue weighted by molar-refractivity contribution is 0.742. The molecule has 1 saturated carbocycles. The molecule has 2 aromatic heterocycles. The summed E-state index contributed by atoms with van der Waals surface area (Å²) in [4.78, 5) is 13.5. The van der Waals surface area contributed by atoms with Crippen LogP contribution in [0.15, 0.2) is 17.0 Å².